The first-order valence-corrected chi connectivity index (χ1v) is 7.40. The van der Waals surface area contributed by atoms with Gasteiger partial charge in [0.1, 0.15) is 0 Å². The number of carbonyl (C=O) groups is 1. The van der Waals surface area contributed by atoms with E-state index in [2.05, 4.69) is 0 Å². The van der Waals surface area contributed by atoms with Crippen LogP contribution in [-0.4, -0.2) is 72.9 Å². The van der Waals surface area contributed by atoms with Gasteiger partial charge in [-0.25, -0.2) is 0 Å². The van der Waals surface area contributed by atoms with Gasteiger partial charge in [-0.2, -0.15) is 0 Å². The molecule has 1 heterocycles. The van der Waals surface area contributed by atoms with E-state index in [4.69, 9.17) is 4.74 Å². The normalized spacial score (nSPS) is 26.3. The van der Waals surface area contributed by atoms with Crippen LogP contribution >= 0.6 is 0 Å². The Kier molecular flexibility index (Phi) is 5.60. The van der Waals surface area contributed by atoms with Gasteiger partial charge in [-0.1, -0.05) is 19.3 Å². The maximum Gasteiger partial charge on any atom is 0.236 e. The first-order valence-electron chi connectivity index (χ1n) is 7.40. The molecule has 110 valence electrons. The van der Waals surface area contributed by atoms with Gasteiger partial charge in [0.25, 0.3) is 0 Å². The van der Waals surface area contributed by atoms with E-state index in [0.29, 0.717) is 25.8 Å². The van der Waals surface area contributed by atoms with Crippen LogP contribution in [0.2, 0.25) is 0 Å². The predicted molar refractivity (Wildman–Crippen MR) is 72.9 cm³/mol. The summed E-state index contributed by atoms with van der Waals surface area (Å²) in [5.74, 6) is 0.173. The number of rotatable bonds is 4. The summed E-state index contributed by atoms with van der Waals surface area (Å²) in [7, 11) is 1.92. The summed E-state index contributed by atoms with van der Waals surface area (Å²) in [5.41, 5.74) is 0. The lowest BCUT2D eigenvalue weighted by atomic mass is 9.94. The number of morpholine rings is 1. The molecule has 1 saturated carbocycles. The predicted octanol–water partition coefficient (Wildman–Crippen LogP) is 0.471. The van der Waals surface area contributed by atoms with Crippen LogP contribution in [0.25, 0.3) is 0 Å². The Morgan fingerprint density at radius 2 is 2.11 bits per heavy atom. The first kappa shape index (κ1) is 14.8. The summed E-state index contributed by atoms with van der Waals surface area (Å²) < 4.78 is 5.34. The lowest BCUT2D eigenvalue weighted by molar-refractivity contribution is -0.136. The van der Waals surface area contributed by atoms with E-state index in [1.54, 1.807) is 0 Å². The molecule has 0 aromatic carbocycles. The lowest BCUT2D eigenvalue weighted by Crippen LogP contribution is -2.52. The number of nitrogens with zero attached hydrogens (tertiary/aromatic N) is 2. The number of hydrogen-bond acceptors (Lipinski definition) is 4. The van der Waals surface area contributed by atoms with E-state index in [9.17, 15) is 9.90 Å². The molecule has 0 aromatic heterocycles. The maximum absolute atomic E-state index is 12.3. The van der Waals surface area contributed by atoms with Crippen LogP contribution in [0.5, 0.6) is 0 Å². The molecule has 5 heteroatoms. The highest BCUT2D eigenvalue weighted by Gasteiger charge is 2.28. The third-order valence-corrected chi connectivity index (χ3v) is 4.41. The summed E-state index contributed by atoms with van der Waals surface area (Å²) in [5, 5.41) is 9.32. The zero-order chi connectivity index (χ0) is 13.7. The molecule has 0 bridgehead atoms. The molecule has 5 nitrogen and oxygen atoms in total. The highest BCUT2D eigenvalue weighted by molar-refractivity contribution is 5.78. The van der Waals surface area contributed by atoms with Crippen molar-refractivity contribution in [2.75, 3.05) is 40.0 Å². The van der Waals surface area contributed by atoms with E-state index in [1.807, 2.05) is 16.8 Å². The SMILES string of the molecule is CN(C(=O)CN1CCOCC1CO)C1CCCCC1. The Morgan fingerprint density at radius 3 is 2.79 bits per heavy atom. The number of hydrogen-bond donors (Lipinski definition) is 1. The molecular formula is C14H26N2O3. The van der Waals surface area contributed by atoms with E-state index >= 15 is 0 Å². The summed E-state index contributed by atoms with van der Waals surface area (Å²) in [6, 6.07) is 0.382. The Morgan fingerprint density at radius 1 is 1.37 bits per heavy atom. The molecule has 19 heavy (non-hydrogen) atoms. The number of ether oxygens (including phenoxy) is 1. The number of amides is 1. The quantitative estimate of drug-likeness (QED) is 0.807. The van der Waals surface area contributed by atoms with Crippen LogP contribution in [0.15, 0.2) is 0 Å². The molecule has 1 aliphatic heterocycles. The van der Waals surface area contributed by atoms with Crippen molar-refractivity contribution in [3.63, 3.8) is 0 Å². The van der Waals surface area contributed by atoms with Gasteiger partial charge in [-0.15, -0.1) is 0 Å². The molecule has 1 atom stereocenters. The highest BCUT2D eigenvalue weighted by Crippen LogP contribution is 2.22. The molecular weight excluding hydrogens is 244 g/mol. The van der Waals surface area contributed by atoms with Crippen LogP contribution in [0.1, 0.15) is 32.1 Å². The van der Waals surface area contributed by atoms with Crippen molar-refractivity contribution in [3.05, 3.63) is 0 Å². The molecule has 1 unspecified atom stereocenters. The Bertz CT molecular complexity index is 292. The fourth-order valence-electron chi connectivity index (χ4n) is 3.02. The third kappa shape index (κ3) is 3.91. The maximum atomic E-state index is 12.3. The lowest BCUT2D eigenvalue weighted by Gasteiger charge is -2.37. The van der Waals surface area contributed by atoms with Crippen molar-refractivity contribution >= 4 is 5.91 Å². The zero-order valence-corrected chi connectivity index (χ0v) is 11.9. The molecule has 2 aliphatic rings. The van der Waals surface area contributed by atoms with Crippen molar-refractivity contribution < 1.29 is 14.6 Å². The molecule has 1 saturated heterocycles. The number of aliphatic hydroxyl groups excluding tert-OH is 1. The fraction of sp³-hybridized carbons (Fsp3) is 0.929. The smallest absolute Gasteiger partial charge is 0.236 e. The van der Waals surface area contributed by atoms with Crippen molar-refractivity contribution in [3.8, 4) is 0 Å². The second kappa shape index (κ2) is 7.22. The van der Waals surface area contributed by atoms with Crippen molar-refractivity contribution in [2.24, 2.45) is 0 Å². The second-order valence-corrected chi connectivity index (χ2v) is 5.68. The molecule has 0 spiro atoms. The highest BCUT2D eigenvalue weighted by atomic mass is 16.5. The van der Waals surface area contributed by atoms with E-state index in [-0.39, 0.29) is 18.6 Å². The zero-order valence-electron chi connectivity index (χ0n) is 11.9. The third-order valence-electron chi connectivity index (χ3n) is 4.41. The van der Waals surface area contributed by atoms with Crippen molar-refractivity contribution in [2.45, 2.75) is 44.2 Å². The van der Waals surface area contributed by atoms with Crippen LogP contribution in [-0.2, 0) is 9.53 Å². The van der Waals surface area contributed by atoms with Gasteiger partial charge in [0.2, 0.25) is 5.91 Å². The monoisotopic (exact) mass is 270 g/mol. The summed E-state index contributed by atoms with van der Waals surface area (Å²) in [6.07, 6.45) is 6.04. The molecule has 2 fully saturated rings. The minimum absolute atomic E-state index is 0.0301. The molecule has 0 aromatic rings. The van der Waals surface area contributed by atoms with Crippen molar-refractivity contribution in [1.82, 2.24) is 9.80 Å². The Hall–Kier alpha value is -0.650. The van der Waals surface area contributed by atoms with Gasteiger partial charge in [0.15, 0.2) is 0 Å². The van der Waals surface area contributed by atoms with Gasteiger partial charge in [-0.05, 0) is 12.8 Å². The average Bonchev–Trinajstić information content (AvgIpc) is 2.48. The minimum atomic E-state index is -0.0301. The van der Waals surface area contributed by atoms with Crippen LogP contribution in [0.4, 0.5) is 0 Å². The van der Waals surface area contributed by atoms with Crippen LogP contribution in [0.3, 0.4) is 0 Å². The van der Waals surface area contributed by atoms with E-state index in [0.717, 1.165) is 19.4 Å². The standard InChI is InChI=1S/C14H26N2O3/c1-15(12-5-3-2-4-6-12)14(18)9-16-7-8-19-11-13(16)10-17/h12-13,17H,2-11H2,1H3. The Balaban J connectivity index is 1.84. The number of likely N-dealkylation sites (N-methyl/N-ethyl adjacent to an activating group) is 1. The fourth-order valence-corrected chi connectivity index (χ4v) is 3.02. The van der Waals surface area contributed by atoms with Crippen LogP contribution in [0, 0.1) is 0 Å². The Labute approximate surface area is 115 Å². The van der Waals surface area contributed by atoms with E-state index < -0.39 is 0 Å². The van der Waals surface area contributed by atoms with Crippen LogP contribution < -0.4 is 0 Å². The summed E-state index contributed by atoms with van der Waals surface area (Å²) in [4.78, 5) is 16.3. The van der Waals surface area contributed by atoms with Gasteiger partial charge in [0, 0.05) is 19.6 Å². The largest absolute Gasteiger partial charge is 0.395 e. The molecule has 1 amide bonds. The second-order valence-electron chi connectivity index (χ2n) is 5.68. The molecule has 1 N–H and O–H groups in total. The number of carbonyl (C=O) groups excluding carboxylic acids is 1. The summed E-state index contributed by atoms with van der Waals surface area (Å²) in [6.45, 7) is 2.37. The molecule has 1 aliphatic carbocycles. The van der Waals surface area contributed by atoms with Gasteiger partial charge >= 0.3 is 0 Å². The topological polar surface area (TPSA) is 53.0 Å². The molecule has 0 radical (unpaired) electrons. The van der Waals surface area contributed by atoms with Gasteiger partial charge < -0.3 is 14.7 Å². The van der Waals surface area contributed by atoms with Gasteiger partial charge in [0.05, 0.1) is 32.4 Å². The summed E-state index contributed by atoms with van der Waals surface area (Å²) >= 11 is 0. The van der Waals surface area contributed by atoms with Gasteiger partial charge in [-0.3, -0.25) is 9.69 Å². The average molecular weight is 270 g/mol. The molecule has 2 rings (SSSR count). The van der Waals surface area contributed by atoms with Crippen molar-refractivity contribution in [1.29, 1.82) is 0 Å². The minimum Gasteiger partial charge on any atom is -0.395 e. The van der Waals surface area contributed by atoms with E-state index in [1.165, 1.54) is 19.3 Å². The number of aliphatic hydroxyl groups is 1. The first-order chi connectivity index (χ1) is 9.22.